The average molecular weight is 429 g/mol. The van der Waals surface area contributed by atoms with Gasteiger partial charge in [-0.2, -0.15) is 0 Å². The summed E-state index contributed by atoms with van der Waals surface area (Å²) >= 11 is 0. The maximum atomic E-state index is 4.26. The summed E-state index contributed by atoms with van der Waals surface area (Å²) in [4.78, 5) is 0. The molecule has 0 radical (unpaired) electrons. The van der Waals surface area contributed by atoms with E-state index in [-0.39, 0.29) is 5.41 Å². The van der Waals surface area contributed by atoms with Crippen molar-refractivity contribution in [1.82, 2.24) is 0 Å². The van der Waals surface area contributed by atoms with Gasteiger partial charge in [0.05, 0.1) is 0 Å². The Kier molecular flexibility index (Phi) is 7.86. The van der Waals surface area contributed by atoms with Gasteiger partial charge in [-0.05, 0) is 77.6 Å². The van der Waals surface area contributed by atoms with Gasteiger partial charge in [-0.3, -0.25) is 0 Å². The Balaban J connectivity index is 2.20. The topological polar surface area (TPSA) is 0 Å². The van der Waals surface area contributed by atoms with Crippen molar-refractivity contribution < 1.29 is 0 Å². The zero-order valence-corrected chi connectivity index (χ0v) is 21.5. The van der Waals surface area contributed by atoms with Gasteiger partial charge in [0.25, 0.3) is 0 Å². The minimum absolute atomic E-state index is 0.0428. The highest BCUT2D eigenvalue weighted by atomic mass is 14.5. The maximum absolute atomic E-state index is 4.26. The molecule has 0 saturated heterocycles. The molecule has 0 aromatic heterocycles. The summed E-state index contributed by atoms with van der Waals surface area (Å²) in [6, 6.07) is 14.2. The first-order valence-electron chi connectivity index (χ1n) is 12.9. The molecule has 0 aliphatic heterocycles. The van der Waals surface area contributed by atoms with Crippen molar-refractivity contribution in [3.8, 4) is 11.1 Å². The normalized spacial score (nSPS) is 14.8. The SMILES string of the molecule is C=C(C)c1ccc2c(c1)C(C(C)C)(C(CC)CCCCCCC)c1cc(C(=C)C)ccc1-2. The second-order valence-electron chi connectivity index (χ2n) is 10.4. The van der Waals surface area contributed by atoms with Crippen molar-refractivity contribution >= 4 is 11.1 Å². The van der Waals surface area contributed by atoms with Gasteiger partial charge in [-0.1, -0.05) is 115 Å². The summed E-state index contributed by atoms with van der Waals surface area (Å²) in [5, 5.41) is 0. The first-order chi connectivity index (χ1) is 15.3. The van der Waals surface area contributed by atoms with Crippen molar-refractivity contribution in [2.45, 2.75) is 91.9 Å². The minimum Gasteiger partial charge on any atom is -0.0955 e. The number of hydrogen-bond donors (Lipinski definition) is 0. The summed E-state index contributed by atoms with van der Waals surface area (Å²) in [5.74, 6) is 1.15. The van der Waals surface area contributed by atoms with Gasteiger partial charge < -0.3 is 0 Å². The van der Waals surface area contributed by atoms with E-state index in [1.807, 2.05) is 0 Å². The van der Waals surface area contributed by atoms with Crippen LogP contribution < -0.4 is 0 Å². The molecule has 32 heavy (non-hydrogen) atoms. The monoisotopic (exact) mass is 428 g/mol. The molecule has 1 aliphatic carbocycles. The standard InChI is InChI=1S/C32H44/c1-9-11-12-13-14-15-27(10-2)32(24(7)8)30-20-25(22(3)4)16-18-28(30)29-19-17-26(23(5)6)21-31(29)32/h16-21,24,27H,3,5,9-15H2,1-2,4,6-8H3. The van der Waals surface area contributed by atoms with Crippen molar-refractivity contribution in [2.75, 3.05) is 0 Å². The Hall–Kier alpha value is -2.08. The van der Waals surface area contributed by atoms with Crippen LogP contribution in [0.15, 0.2) is 49.6 Å². The third-order valence-corrected chi connectivity index (χ3v) is 7.91. The van der Waals surface area contributed by atoms with Crippen LogP contribution in [0.1, 0.15) is 109 Å². The molecule has 0 spiro atoms. The van der Waals surface area contributed by atoms with Crippen molar-refractivity contribution in [2.24, 2.45) is 11.8 Å². The van der Waals surface area contributed by atoms with Crippen molar-refractivity contribution in [3.05, 3.63) is 71.8 Å². The molecule has 0 fully saturated rings. The lowest BCUT2D eigenvalue weighted by Crippen LogP contribution is -2.40. The molecule has 0 heteroatoms. The highest BCUT2D eigenvalue weighted by molar-refractivity contribution is 5.85. The van der Waals surface area contributed by atoms with E-state index in [1.165, 1.54) is 78.3 Å². The van der Waals surface area contributed by atoms with E-state index < -0.39 is 0 Å². The largest absolute Gasteiger partial charge is 0.0955 e. The Morgan fingerprint density at radius 1 is 0.781 bits per heavy atom. The number of benzene rings is 2. The van der Waals surface area contributed by atoms with Crippen LogP contribution in [0.2, 0.25) is 0 Å². The fourth-order valence-electron chi connectivity index (χ4n) is 6.20. The molecule has 0 saturated carbocycles. The molecule has 3 rings (SSSR count). The number of fused-ring (bicyclic) bond motifs is 3. The Morgan fingerprint density at radius 2 is 1.28 bits per heavy atom. The van der Waals surface area contributed by atoms with Crippen molar-refractivity contribution in [3.63, 3.8) is 0 Å². The van der Waals surface area contributed by atoms with Gasteiger partial charge in [0.2, 0.25) is 0 Å². The van der Waals surface area contributed by atoms with Crippen LogP contribution in [-0.4, -0.2) is 0 Å². The van der Waals surface area contributed by atoms with Crippen LogP contribution in [0.5, 0.6) is 0 Å². The Bertz CT molecular complexity index is 908. The first kappa shape index (κ1) is 24.6. The van der Waals surface area contributed by atoms with Crippen molar-refractivity contribution in [1.29, 1.82) is 0 Å². The molecule has 0 N–H and O–H groups in total. The molecular weight excluding hydrogens is 384 g/mol. The lowest BCUT2D eigenvalue weighted by molar-refractivity contribution is 0.220. The molecule has 0 amide bonds. The molecule has 1 aliphatic rings. The van der Waals surface area contributed by atoms with E-state index in [4.69, 9.17) is 0 Å². The highest BCUT2D eigenvalue weighted by Gasteiger charge is 2.50. The van der Waals surface area contributed by atoms with Gasteiger partial charge in [-0.15, -0.1) is 0 Å². The van der Waals surface area contributed by atoms with Crippen LogP contribution in [0.25, 0.3) is 22.3 Å². The van der Waals surface area contributed by atoms with Crippen LogP contribution in [-0.2, 0) is 5.41 Å². The highest BCUT2D eigenvalue weighted by Crippen LogP contribution is 2.59. The zero-order chi connectivity index (χ0) is 23.5. The lowest BCUT2D eigenvalue weighted by Gasteiger charge is -2.44. The Morgan fingerprint density at radius 3 is 1.69 bits per heavy atom. The maximum Gasteiger partial charge on any atom is 0.0266 e. The number of unbranched alkanes of at least 4 members (excludes halogenated alkanes) is 4. The zero-order valence-electron chi connectivity index (χ0n) is 21.5. The summed E-state index contributed by atoms with van der Waals surface area (Å²) in [7, 11) is 0. The van der Waals surface area contributed by atoms with Gasteiger partial charge in [0, 0.05) is 5.41 Å². The van der Waals surface area contributed by atoms with E-state index >= 15 is 0 Å². The van der Waals surface area contributed by atoms with E-state index in [2.05, 4.69) is 91.1 Å². The number of hydrogen-bond acceptors (Lipinski definition) is 0. The number of allylic oxidation sites excluding steroid dienone is 2. The fourth-order valence-corrected chi connectivity index (χ4v) is 6.20. The molecule has 0 heterocycles. The molecule has 2 aromatic rings. The van der Waals surface area contributed by atoms with Gasteiger partial charge >= 0.3 is 0 Å². The number of rotatable bonds is 11. The molecule has 0 nitrogen and oxygen atoms in total. The van der Waals surface area contributed by atoms with E-state index in [0.717, 1.165) is 11.1 Å². The second-order valence-corrected chi connectivity index (χ2v) is 10.4. The van der Waals surface area contributed by atoms with Crippen LogP contribution in [0.4, 0.5) is 0 Å². The molecule has 1 unspecified atom stereocenters. The summed E-state index contributed by atoms with van der Waals surface area (Å²) in [5.41, 5.74) is 10.8. The minimum atomic E-state index is 0.0428. The quantitative estimate of drug-likeness (QED) is 0.312. The van der Waals surface area contributed by atoms with Crippen LogP contribution >= 0.6 is 0 Å². The molecule has 2 aromatic carbocycles. The molecule has 0 bridgehead atoms. The third-order valence-electron chi connectivity index (χ3n) is 7.91. The molecule has 172 valence electrons. The lowest BCUT2D eigenvalue weighted by atomic mass is 9.59. The van der Waals surface area contributed by atoms with E-state index in [0.29, 0.717) is 11.8 Å². The summed E-state index contributed by atoms with van der Waals surface area (Å²) < 4.78 is 0. The fraction of sp³-hybridized carbons (Fsp3) is 0.500. The smallest absolute Gasteiger partial charge is 0.0266 e. The first-order valence-corrected chi connectivity index (χ1v) is 12.9. The van der Waals surface area contributed by atoms with Gasteiger partial charge in [0.1, 0.15) is 0 Å². The van der Waals surface area contributed by atoms with E-state index in [9.17, 15) is 0 Å². The average Bonchev–Trinajstić information content (AvgIpc) is 3.06. The van der Waals surface area contributed by atoms with Gasteiger partial charge in [-0.25, -0.2) is 0 Å². The molecule has 1 atom stereocenters. The second kappa shape index (κ2) is 10.2. The third kappa shape index (κ3) is 4.26. The summed E-state index contributed by atoms with van der Waals surface area (Å²) in [6.45, 7) is 22.4. The van der Waals surface area contributed by atoms with Crippen LogP contribution in [0.3, 0.4) is 0 Å². The van der Waals surface area contributed by atoms with Crippen LogP contribution in [0, 0.1) is 11.8 Å². The predicted molar refractivity (Wildman–Crippen MR) is 144 cm³/mol. The summed E-state index contributed by atoms with van der Waals surface area (Å²) in [6.07, 6.45) is 9.23. The predicted octanol–water partition coefficient (Wildman–Crippen LogP) is 10.1. The van der Waals surface area contributed by atoms with E-state index in [1.54, 1.807) is 0 Å². The van der Waals surface area contributed by atoms with Gasteiger partial charge in [0.15, 0.2) is 0 Å². The molecular formula is C32H44. The Labute approximate surface area is 197 Å².